The Morgan fingerprint density at radius 2 is 1.58 bits per heavy atom. The summed E-state index contributed by atoms with van der Waals surface area (Å²) in [6.07, 6.45) is 10.6. The second kappa shape index (κ2) is 6.15. The number of hydrogen-bond donors (Lipinski definition) is 2. The van der Waals surface area contributed by atoms with Gasteiger partial charge in [0.1, 0.15) is 0 Å². The number of nitrogens with one attached hydrogen (secondary N) is 1. The molecule has 2 spiro atoms. The van der Waals surface area contributed by atoms with Gasteiger partial charge in [-0.05, 0) is 83.1 Å². The summed E-state index contributed by atoms with van der Waals surface area (Å²) in [5.74, 6) is 2.61. The standard InChI is InChI=1S/C21H35NO4/c1-19(2,23)13-22-12-14-3-5-20(6-4-14)24-21(26-25-20)17-8-15-7-16(10-17)11-18(21)9-15/h14-18,22-23H,3-13H2,1-2H3. The quantitative estimate of drug-likeness (QED) is 0.748. The van der Waals surface area contributed by atoms with Gasteiger partial charge in [0.05, 0.1) is 5.60 Å². The van der Waals surface area contributed by atoms with E-state index in [2.05, 4.69) is 5.32 Å². The molecular weight excluding hydrogens is 330 g/mol. The first-order chi connectivity index (χ1) is 12.4. The van der Waals surface area contributed by atoms with E-state index < -0.39 is 17.2 Å². The topological polar surface area (TPSA) is 60.0 Å². The van der Waals surface area contributed by atoms with E-state index in [4.69, 9.17) is 14.5 Å². The summed E-state index contributed by atoms with van der Waals surface area (Å²) in [5, 5.41) is 13.2. The summed E-state index contributed by atoms with van der Waals surface area (Å²) in [7, 11) is 0. The maximum atomic E-state index is 9.84. The van der Waals surface area contributed by atoms with Crippen molar-refractivity contribution in [1.29, 1.82) is 0 Å². The van der Waals surface area contributed by atoms with E-state index in [1.54, 1.807) is 0 Å². The molecule has 0 radical (unpaired) electrons. The molecule has 5 nitrogen and oxygen atoms in total. The number of hydrogen-bond acceptors (Lipinski definition) is 5. The maximum absolute atomic E-state index is 9.84. The van der Waals surface area contributed by atoms with Crippen molar-refractivity contribution in [3.8, 4) is 0 Å². The van der Waals surface area contributed by atoms with Gasteiger partial charge in [-0.15, -0.1) is 0 Å². The zero-order valence-corrected chi connectivity index (χ0v) is 16.3. The summed E-state index contributed by atoms with van der Waals surface area (Å²) in [6, 6.07) is 0. The summed E-state index contributed by atoms with van der Waals surface area (Å²) >= 11 is 0. The van der Waals surface area contributed by atoms with Crippen LogP contribution in [0, 0.1) is 29.6 Å². The van der Waals surface area contributed by atoms with Crippen molar-refractivity contribution in [2.75, 3.05) is 13.1 Å². The second-order valence-electron chi connectivity index (χ2n) is 10.6. The van der Waals surface area contributed by atoms with Gasteiger partial charge in [0.2, 0.25) is 11.6 Å². The first kappa shape index (κ1) is 17.9. The molecule has 0 aromatic rings. The summed E-state index contributed by atoms with van der Waals surface area (Å²) in [5.41, 5.74) is -0.646. The minimum absolute atomic E-state index is 0.431. The van der Waals surface area contributed by atoms with Crippen LogP contribution < -0.4 is 5.32 Å². The van der Waals surface area contributed by atoms with Gasteiger partial charge < -0.3 is 15.2 Å². The molecule has 0 aromatic heterocycles. The molecule has 0 aromatic carbocycles. The molecule has 5 saturated carbocycles. The second-order valence-corrected chi connectivity index (χ2v) is 10.6. The predicted molar refractivity (Wildman–Crippen MR) is 96.9 cm³/mol. The van der Waals surface area contributed by atoms with Gasteiger partial charge in [-0.1, -0.05) is 0 Å². The third-order valence-corrected chi connectivity index (χ3v) is 7.80. The Bertz CT molecular complexity index is 507. The first-order valence-electron chi connectivity index (χ1n) is 10.9. The zero-order chi connectivity index (χ0) is 18.0. The molecular formula is C21H35NO4. The molecule has 26 heavy (non-hydrogen) atoms. The van der Waals surface area contributed by atoms with E-state index in [-0.39, 0.29) is 0 Å². The van der Waals surface area contributed by atoms with Gasteiger partial charge in [0.15, 0.2) is 0 Å². The highest BCUT2D eigenvalue weighted by Gasteiger charge is 2.66. The predicted octanol–water partition coefficient (Wildman–Crippen LogP) is 3.36. The van der Waals surface area contributed by atoms with Crippen molar-refractivity contribution in [2.45, 2.75) is 88.8 Å². The van der Waals surface area contributed by atoms with E-state index in [0.29, 0.717) is 24.3 Å². The normalized spacial score (nSPS) is 50.2. The van der Waals surface area contributed by atoms with Gasteiger partial charge in [0, 0.05) is 31.2 Å². The highest BCUT2D eigenvalue weighted by molar-refractivity contribution is 5.05. The summed E-state index contributed by atoms with van der Waals surface area (Å²) in [4.78, 5) is 12.1. The lowest BCUT2D eigenvalue weighted by Gasteiger charge is -2.57. The summed E-state index contributed by atoms with van der Waals surface area (Å²) in [6.45, 7) is 5.29. The van der Waals surface area contributed by atoms with Gasteiger partial charge in [0.25, 0.3) is 0 Å². The molecule has 6 aliphatic rings. The fraction of sp³-hybridized carbons (Fsp3) is 1.00. The molecule has 1 aliphatic heterocycles. The molecule has 0 amide bonds. The Labute approximate surface area is 157 Å². The molecule has 2 N–H and O–H groups in total. The lowest BCUT2D eigenvalue weighted by molar-refractivity contribution is -0.390. The maximum Gasteiger partial charge on any atom is 0.210 e. The Hall–Kier alpha value is -0.200. The monoisotopic (exact) mass is 365 g/mol. The van der Waals surface area contributed by atoms with Crippen LogP contribution in [-0.4, -0.2) is 35.4 Å². The van der Waals surface area contributed by atoms with Gasteiger partial charge >= 0.3 is 0 Å². The molecule has 0 unspecified atom stereocenters. The number of aliphatic hydroxyl groups is 1. The minimum Gasteiger partial charge on any atom is -0.389 e. The fourth-order valence-corrected chi connectivity index (χ4v) is 6.70. The Balaban J connectivity index is 1.18. The van der Waals surface area contributed by atoms with Crippen LogP contribution in [-0.2, 0) is 14.5 Å². The van der Waals surface area contributed by atoms with E-state index in [9.17, 15) is 5.11 Å². The van der Waals surface area contributed by atoms with E-state index in [1.807, 2.05) is 13.8 Å². The molecule has 1 saturated heterocycles. The Kier molecular flexibility index (Phi) is 4.23. The van der Waals surface area contributed by atoms with Crippen LogP contribution >= 0.6 is 0 Å². The largest absolute Gasteiger partial charge is 0.389 e. The highest BCUT2D eigenvalue weighted by Crippen LogP contribution is 2.63. The van der Waals surface area contributed by atoms with Gasteiger partial charge in [-0.25, -0.2) is 0 Å². The van der Waals surface area contributed by atoms with E-state index in [1.165, 1.54) is 32.1 Å². The van der Waals surface area contributed by atoms with Crippen LogP contribution in [0.4, 0.5) is 0 Å². The van der Waals surface area contributed by atoms with Crippen molar-refractivity contribution in [3.05, 3.63) is 0 Å². The molecule has 1 heterocycles. The van der Waals surface area contributed by atoms with Crippen LogP contribution in [0.3, 0.4) is 0 Å². The van der Waals surface area contributed by atoms with Crippen molar-refractivity contribution in [2.24, 2.45) is 29.6 Å². The Morgan fingerprint density at radius 1 is 0.962 bits per heavy atom. The lowest BCUT2D eigenvalue weighted by Crippen LogP contribution is -2.59. The molecule has 6 rings (SSSR count). The van der Waals surface area contributed by atoms with Gasteiger partial charge in [-0.2, -0.15) is 9.78 Å². The molecule has 0 atom stereocenters. The highest BCUT2D eigenvalue weighted by atomic mass is 17.3. The SMILES string of the molecule is CC(C)(O)CNCC1CCC2(CC1)OOC1(O2)C2CC3CC(C2)CC1C3. The molecule has 6 fully saturated rings. The van der Waals surface area contributed by atoms with Gasteiger partial charge in [-0.3, -0.25) is 0 Å². The van der Waals surface area contributed by atoms with Crippen LogP contribution in [0.25, 0.3) is 0 Å². The van der Waals surface area contributed by atoms with Crippen molar-refractivity contribution in [1.82, 2.24) is 5.32 Å². The van der Waals surface area contributed by atoms with E-state index in [0.717, 1.165) is 44.1 Å². The van der Waals surface area contributed by atoms with Crippen molar-refractivity contribution < 1.29 is 19.6 Å². The average molecular weight is 366 g/mol. The van der Waals surface area contributed by atoms with Crippen molar-refractivity contribution in [3.63, 3.8) is 0 Å². The fourth-order valence-electron chi connectivity index (χ4n) is 6.70. The minimum atomic E-state index is -0.646. The molecule has 5 aliphatic carbocycles. The van der Waals surface area contributed by atoms with Crippen LogP contribution in [0.2, 0.25) is 0 Å². The summed E-state index contributed by atoms with van der Waals surface area (Å²) < 4.78 is 6.76. The molecule has 5 heteroatoms. The first-order valence-corrected chi connectivity index (χ1v) is 10.9. The molecule has 4 bridgehead atoms. The van der Waals surface area contributed by atoms with Crippen molar-refractivity contribution >= 4 is 0 Å². The van der Waals surface area contributed by atoms with Crippen LogP contribution in [0.5, 0.6) is 0 Å². The van der Waals surface area contributed by atoms with Crippen LogP contribution in [0.1, 0.15) is 71.6 Å². The lowest BCUT2D eigenvalue weighted by atomic mass is 9.53. The Morgan fingerprint density at radius 3 is 2.15 bits per heavy atom. The van der Waals surface area contributed by atoms with E-state index >= 15 is 0 Å². The van der Waals surface area contributed by atoms with Crippen LogP contribution in [0.15, 0.2) is 0 Å². The third kappa shape index (κ3) is 3.04. The zero-order valence-electron chi connectivity index (χ0n) is 16.3. The smallest absolute Gasteiger partial charge is 0.210 e. The number of rotatable bonds is 4. The number of ether oxygens (including phenoxy) is 1. The average Bonchev–Trinajstić information content (AvgIpc) is 2.94. The third-order valence-electron chi connectivity index (χ3n) is 7.80. The molecule has 148 valence electrons.